The first kappa shape index (κ1) is 25.2. The number of rotatable bonds is 6. The van der Waals surface area contributed by atoms with E-state index in [0.29, 0.717) is 62.2 Å². The number of nitrogens with two attached hydrogens (primary N) is 3. The van der Waals surface area contributed by atoms with Crippen molar-refractivity contribution in [2.45, 2.75) is 49.9 Å². The second-order valence-electron chi connectivity index (χ2n) is 10.1. The molecule has 2 aliphatic rings. The third-order valence-electron chi connectivity index (χ3n) is 7.44. The lowest BCUT2D eigenvalue weighted by molar-refractivity contribution is -0.198. The molecule has 2 fully saturated rings. The molecule has 2 atom stereocenters. The molecule has 4 heterocycles. The SMILES string of the molecule is C[C@]1(O)COC2(CCN(C(=O)c3ccc(OCCCN)cc3)CC2)C[C@@H]1n1cnc2c(N)nc(N)nc21. The Labute approximate surface area is 214 Å². The van der Waals surface area contributed by atoms with Gasteiger partial charge in [-0.3, -0.25) is 4.79 Å². The van der Waals surface area contributed by atoms with Crippen LogP contribution in [0.2, 0.25) is 0 Å². The third kappa shape index (κ3) is 4.91. The number of nitrogen functional groups attached to an aromatic ring is 2. The molecule has 1 spiro atoms. The predicted molar refractivity (Wildman–Crippen MR) is 138 cm³/mol. The van der Waals surface area contributed by atoms with E-state index in [1.54, 1.807) is 25.4 Å². The van der Waals surface area contributed by atoms with Gasteiger partial charge in [0.05, 0.1) is 31.2 Å². The first-order valence-electron chi connectivity index (χ1n) is 12.6. The number of piperidine rings is 1. The van der Waals surface area contributed by atoms with E-state index in [1.165, 1.54) is 0 Å². The highest BCUT2D eigenvalue weighted by atomic mass is 16.5. The Bertz CT molecular complexity index is 1270. The molecule has 3 aromatic rings. The van der Waals surface area contributed by atoms with Gasteiger partial charge in [-0.25, -0.2) is 4.98 Å². The lowest BCUT2D eigenvalue weighted by Gasteiger charge is -2.51. The van der Waals surface area contributed by atoms with Gasteiger partial charge < -0.3 is 41.2 Å². The minimum atomic E-state index is -1.16. The van der Waals surface area contributed by atoms with Gasteiger partial charge in [-0.05, 0) is 57.0 Å². The molecular formula is C25H34N8O4. The first-order chi connectivity index (χ1) is 17.7. The molecule has 0 bridgehead atoms. The molecule has 7 N–H and O–H groups in total. The summed E-state index contributed by atoms with van der Waals surface area (Å²) in [6.45, 7) is 4.11. The first-order valence-corrected chi connectivity index (χ1v) is 12.6. The van der Waals surface area contributed by atoms with Crippen LogP contribution in [-0.4, -0.2) is 79.5 Å². The van der Waals surface area contributed by atoms with Gasteiger partial charge in [-0.1, -0.05) is 0 Å². The van der Waals surface area contributed by atoms with Crippen LogP contribution in [0.3, 0.4) is 0 Å². The summed E-state index contributed by atoms with van der Waals surface area (Å²) in [5, 5.41) is 11.2. The fourth-order valence-corrected chi connectivity index (χ4v) is 5.22. The normalized spacial score (nSPS) is 23.4. The van der Waals surface area contributed by atoms with Crippen LogP contribution in [0.1, 0.15) is 49.0 Å². The predicted octanol–water partition coefficient (Wildman–Crippen LogP) is 1.11. The second-order valence-corrected chi connectivity index (χ2v) is 10.1. The number of hydrogen-bond acceptors (Lipinski definition) is 10. The van der Waals surface area contributed by atoms with Gasteiger partial charge in [0, 0.05) is 25.1 Å². The molecule has 2 saturated heterocycles. The number of likely N-dealkylation sites (tertiary alicyclic amines) is 1. The molecule has 12 nitrogen and oxygen atoms in total. The highest BCUT2D eigenvalue weighted by molar-refractivity contribution is 5.94. The molecular weight excluding hydrogens is 476 g/mol. The zero-order valence-corrected chi connectivity index (χ0v) is 21.0. The summed E-state index contributed by atoms with van der Waals surface area (Å²) in [4.78, 5) is 27.7. The topological polar surface area (TPSA) is 181 Å². The van der Waals surface area contributed by atoms with Gasteiger partial charge in [0.25, 0.3) is 5.91 Å². The molecule has 1 amide bonds. The molecule has 37 heavy (non-hydrogen) atoms. The van der Waals surface area contributed by atoms with Crippen LogP contribution >= 0.6 is 0 Å². The molecule has 0 saturated carbocycles. The van der Waals surface area contributed by atoms with Crippen molar-refractivity contribution in [3.05, 3.63) is 36.2 Å². The molecule has 0 aliphatic carbocycles. The van der Waals surface area contributed by atoms with E-state index in [-0.39, 0.29) is 30.3 Å². The van der Waals surface area contributed by atoms with E-state index in [0.717, 1.165) is 12.2 Å². The van der Waals surface area contributed by atoms with E-state index in [9.17, 15) is 9.90 Å². The van der Waals surface area contributed by atoms with Gasteiger partial charge in [0.15, 0.2) is 11.5 Å². The zero-order valence-electron chi connectivity index (χ0n) is 21.0. The average molecular weight is 511 g/mol. The Morgan fingerprint density at radius 2 is 1.95 bits per heavy atom. The van der Waals surface area contributed by atoms with Crippen LogP contribution < -0.4 is 21.9 Å². The zero-order chi connectivity index (χ0) is 26.2. The lowest BCUT2D eigenvalue weighted by Crippen LogP contribution is -2.57. The Balaban J connectivity index is 1.28. The van der Waals surface area contributed by atoms with Gasteiger partial charge in [0.1, 0.15) is 16.9 Å². The maximum Gasteiger partial charge on any atom is 0.253 e. The fourth-order valence-electron chi connectivity index (χ4n) is 5.22. The number of hydrogen-bond donors (Lipinski definition) is 4. The largest absolute Gasteiger partial charge is 0.494 e. The summed E-state index contributed by atoms with van der Waals surface area (Å²) < 4.78 is 13.7. The Morgan fingerprint density at radius 3 is 2.65 bits per heavy atom. The fraction of sp³-hybridized carbons (Fsp3) is 0.520. The van der Waals surface area contributed by atoms with E-state index in [4.69, 9.17) is 26.7 Å². The minimum absolute atomic E-state index is 0.0223. The van der Waals surface area contributed by atoms with Crippen molar-refractivity contribution in [3.63, 3.8) is 0 Å². The van der Waals surface area contributed by atoms with Crippen LogP contribution in [0.5, 0.6) is 5.75 Å². The smallest absolute Gasteiger partial charge is 0.253 e. The highest BCUT2D eigenvalue weighted by Gasteiger charge is 2.50. The van der Waals surface area contributed by atoms with Gasteiger partial charge in [0.2, 0.25) is 5.95 Å². The molecule has 12 heteroatoms. The number of amides is 1. The number of carbonyl (C=O) groups is 1. The van der Waals surface area contributed by atoms with Crippen molar-refractivity contribution in [1.29, 1.82) is 0 Å². The van der Waals surface area contributed by atoms with Crippen LogP contribution in [-0.2, 0) is 4.74 Å². The molecule has 2 aromatic heterocycles. The van der Waals surface area contributed by atoms with E-state index in [2.05, 4.69) is 15.0 Å². The van der Waals surface area contributed by atoms with Gasteiger partial charge in [-0.15, -0.1) is 0 Å². The minimum Gasteiger partial charge on any atom is -0.494 e. The summed E-state index contributed by atoms with van der Waals surface area (Å²) >= 11 is 0. The van der Waals surface area contributed by atoms with Crippen molar-refractivity contribution in [2.24, 2.45) is 5.73 Å². The number of aliphatic hydroxyl groups is 1. The van der Waals surface area contributed by atoms with Crippen molar-refractivity contribution in [3.8, 4) is 5.75 Å². The molecule has 2 aliphatic heterocycles. The number of ether oxygens (including phenoxy) is 2. The Hall–Kier alpha value is -3.48. The average Bonchev–Trinajstić information content (AvgIpc) is 3.30. The third-order valence-corrected chi connectivity index (χ3v) is 7.44. The number of anilines is 2. The van der Waals surface area contributed by atoms with Crippen LogP contribution in [0.25, 0.3) is 11.2 Å². The quantitative estimate of drug-likeness (QED) is 0.351. The number of carbonyl (C=O) groups excluding carboxylic acids is 1. The van der Waals surface area contributed by atoms with Gasteiger partial charge in [-0.2, -0.15) is 9.97 Å². The monoisotopic (exact) mass is 510 g/mol. The maximum atomic E-state index is 13.1. The van der Waals surface area contributed by atoms with E-state index < -0.39 is 11.2 Å². The lowest BCUT2D eigenvalue weighted by atomic mass is 9.77. The van der Waals surface area contributed by atoms with Crippen LogP contribution in [0.15, 0.2) is 30.6 Å². The standard InChI is InChI=1S/C25H34N8O4/c1-24(35)14-37-25(13-18(24)33-15-29-19-20(27)30-23(28)31-21(19)33)7-10-32(11-8-25)22(34)16-3-5-17(6-4-16)36-12-2-9-26/h3-6,15,18,35H,2,7-14,26H2,1H3,(H4,27,28,30,31)/t18-,24-/m0/s1. The maximum absolute atomic E-state index is 13.1. The summed E-state index contributed by atoms with van der Waals surface area (Å²) in [5.74, 6) is 0.947. The van der Waals surface area contributed by atoms with Crippen molar-refractivity contribution in [1.82, 2.24) is 24.4 Å². The Morgan fingerprint density at radius 1 is 1.22 bits per heavy atom. The van der Waals surface area contributed by atoms with Crippen LogP contribution in [0.4, 0.5) is 11.8 Å². The molecule has 0 unspecified atom stereocenters. The van der Waals surface area contributed by atoms with Gasteiger partial charge >= 0.3 is 0 Å². The number of benzene rings is 1. The molecule has 1 aromatic carbocycles. The van der Waals surface area contributed by atoms with E-state index >= 15 is 0 Å². The highest BCUT2D eigenvalue weighted by Crippen LogP contribution is 2.44. The van der Waals surface area contributed by atoms with Crippen molar-refractivity contribution < 1.29 is 19.4 Å². The summed E-state index contributed by atoms with van der Waals surface area (Å²) in [6.07, 6.45) is 4.23. The number of nitrogens with zero attached hydrogens (tertiary/aromatic N) is 5. The van der Waals surface area contributed by atoms with E-state index in [1.807, 2.05) is 21.6 Å². The van der Waals surface area contributed by atoms with Crippen molar-refractivity contribution in [2.75, 3.05) is 44.3 Å². The molecule has 5 rings (SSSR count). The Kier molecular flexibility index (Phi) is 6.65. The number of fused-ring (bicyclic) bond motifs is 1. The summed E-state index contributed by atoms with van der Waals surface area (Å²) in [5.41, 5.74) is 17.2. The van der Waals surface area contributed by atoms with Crippen molar-refractivity contribution >= 4 is 28.8 Å². The molecule has 198 valence electrons. The molecule has 0 radical (unpaired) electrons. The summed E-state index contributed by atoms with van der Waals surface area (Å²) in [7, 11) is 0. The number of imidazole rings is 1. The number of aromatic nitrogens is 4. The van der Waals surface area contributed by atoms with Crippen LogP contribution in [0, 0.1) is 0 Å². The second kappa shape index (κ2) is 9.77. The summed E-state index contributed by atoms with van der Waals surface area (Å²) in [6, 6.07) is 6.83.